The molecule has 1 aromatic carbocycles. The first kappa shape index (κ1) is 15.3. The third-order valence-electron chi connectivity index (χ3n) is 3.18. The minimum atomic E-state index is 0.0116. The van der Waals surface area contributed by atoms with Crippen molar-refractivity contribution in [3.05, 3.63) is 72.9 Å². The lowest BCUT2D eigenvalue weighted by Crippen LogP contribution is -2.24. The molecule has 0 radical (unpaired) electrons. The third-order valence-corrected chi connectivity index (χ3v) is 4.19. The van der Waals surface area contributed by atoms with Crippen molar-refractivity contribution < 1.29 is 4.79 Å². The summed E-state index contributed by atoms with van der Waals surface area (Å²) in [6, 6.07) is 13.7. The number of carbonyl (C=O) groups excluding carboxylic acids is 1. The molecule has 23 heavy (non-hydrogen) atoms. The van der Waals surface area contributed by atoms with Crippen molar-refractivity contribution in [1.29, 1.82) is 0 Å². The Balaban J connectivity index is 1.47. The standard InChI is InChI=1S/C17H16N4OS/c22-17(12-23-15-4-2-1-3-5-15)20-11-14-6-7-16(19-10-14)21-9-8-18-13-21/h1-10,13H,11-12H2,(H,20,22). The van der Waals surface area contributed by atoms with Crippen LogP contribution >= 0.6 is 11.8 Å². The smallest absolute Gasteiger partial charge is 0.230 e. The van der Waals surface area contributed by atoms with E-state index in [4.69, 9.17) is 0 Å². The second-order valence-electron chi connectivity index (χ2n) is 4.87. The number of hydrogen-bond donors (Lipinski definition) is 1. The molecule has 0 aliphatic rings. The van der Waals surface area contributed by atoms with Crippen LogP contribution in [0.15, 0.2) is 72.3 Å². The Morgan fingerprint density at radius 3 is 2.74 bits per heavy atom. The Morgan fingerprint density at radius 2 is 2.04 bits per heavy atom. The van der Waals surface area contributed by atoms with Gasteiger partial charge in [-0.2, -0.15) is 0 Å². The average Bonchev–Trinajstić information content (AvgIpc) is 3.14. The molecule has 0 fully saturated rings. The molecular weight excluding hydrogens is 308 g/mol. The zero-order valence-electron chi connectivity index (χ0n) is 12.4. The van der Waals surface area contributed by atoms with E-state index in [2.05, 4.69) is 15.3 Å². The van der Waals surface area contributed by atoms with E-state index in [9.17, 15) is 4.79 Å². The number of hydrogen-bond acceptors (Lipinski definition) is 4. The van der Waals surface area contributed by atoms with Gasteiger partial charge in [0.25, 0.3) is 0 Å². The second-order valence-corrected chi connectivity index (χ2v) is 5.92. The number of thioether (sulfide) groups is 1. The number of nitrogens with one attached hydrogen (secondary N) is 1. The molecule has 116 valence electrons. The maximum absolute atomic E-state index is 11.9. The van der Waals surface area contributed by atoms with Gasteiger partial charge in [-0.25, -0.2) is 9.97 Å². The lowest BCUT2D eigenvalue weighted by molar-refractivity contribution is -0.118. The zero-order valence-corrected chi connectivity index (χ0v) is 13.2. The highest BCUT2D eigenvalue weighted by molar-refractivity contribution is 8.00. The number of nitrogens with zero attached hydrogens (tertiary/aromatic N) is 3. The van der Waals surface area contributed by atoms with Crippen LogP contribution in [-0.2, 0) is 11.3 Å². The molecule has 5 nitrogen and oxygen atoms in total. The Morgan fingerprint density at radius 1 is 1.17 bits per heavy atom. The van der Waals surface area contributed by atoms with Crippen molar-refractivity contribution in [2.75, 3.05) is 5.75 Å². The fourth-order valence-electron chi connectivity index (χ4n) is 1.99. The summed E-state index contributed by atoms with van der Waals surface area (Å²) >= 11 is 1.53. The van der Waals surface area contributed by atoms with Gasteiger partial charge in [0.15, 0.2) is 0 Å². The van der Waals surface area contributed by atoms with E-state index in [0.29, 0.717) is 12.3 Å². The molecule has 0 saturated heterocycles. The van der Waals surface area contributed by atoms with Gasteiger partial charge in [0.2, 0.25) is 5.91 Å². The fourth-order valence-corrected chi connectivity index (χ4v) is 2.74. The number of aromatic nitrogens is 3. The number of imidazole rings is 1. The van der Waals surface area contributed by atoms with Crippen molar-refractivity contribution in [2.24, 2.45) is 0 Å². The summed E-state index contributed by atoms with van der Waals surface area (Å²) in [6.07, 6.45) is 7.01. The summed E-state index contributed by atoms with van der Waals surface area (Å²) in [5, 5.41) is 2.90. The lowest BCUT2D eigenvalue weighted by atomic mass is 10.3. The van der Waals surface area contributed by atoms with Crippen LogP contribution in [-0.4, -0.2) is 26.2 Å². The minimum absolute atomic E-state index is 0.0116. The third kappa shape index (κ3) is 4.43. The molecule has 3 aromatic rings. The van der Waals surface area contributed by atoms with Crippen LogP contribution in [0.2, 0.25) is 0 Å². The summed E-state index contributed by atoms with van der Waals surface area (Å²) in [6.45, 7) is 0.478. The monoisotopic (exact) mass is 324 g/mol. The Bertz CT molecular complexity index is 742. The van der Waals surface area contributed by atoms with Gasteiger partial charge in [-0.05, 0) is 23.8 Å². The van der Waals surface area contributed by atoms with E-state index in [1.807, 2.05) is 53.2 Å². The highest BCUT2D eigenvalue weighted by Gasteiger charge is 2.03. The molecule has 1 N–H and O–H groups in total. The van der Waals surface area contributed by atoms with Crippen molar-refractivity contribution in [1.82, 2.24) is 19.9 Å². The number of amides is 1. The van der Waals surface area contributed by atoms with E-state index in [1.165, 1.54) is 11.8 Å². The molecule has 1 amide bonds. The maximum Gasteiger partial charge on any atom is 0.230 e. The average molecular weight is 324 g/mol. The molecule has 0 aliphatic carbocycles. The first-order valence-corrected chi connectivity index (χ1v) is 8.17. The van der Waals surface area contributed by atoms with Crippen LogP contribution in [0.3, 0.4) is 0 Å². The second kappa shape index (κ2) is 7.60. The fraction of sp³-hybridized carbons (Fsp3) is 0.118. The van der Waals surface area contributed by atoms with Crippen molar-refractivity contribution in [3.63, 3.8) is 0 Å². The van der Waals surface area contributed by atoms with Crippen LogP contribution in [0.1, 0.15) is 5.56 Å². The van der Waals surface area contributed by atoms with Gasteiger partial charge in [-0.1, -0.05) is 24.3 Å². The molecule has 0 spiro atoms. The van der Waals surface area contributed by atoms with Gasteiger partial charge in [-0.15, -0.1) is 11.8 Å². The number of rotatable bonds is 6. The van der Waals surface area contributed by atoms with Crippen molar-refractivity contribution in [3.8, 4) is 5.82 Å². The van der Waals surface area contributed by atoms with Crippen LogP contribution in [0.25, 0.3) is 5.82 Å². The molecule has 3 rings (SSSR count). The lowest BCUT2D eigenvalue weighted by Gasteiger charge is -2.06. The van der Waals surface area contributed by atoms with Gasteiger partial charge in [0.05, 0.1) is 5.75 Å². The number of pyridine rings is 1. The van der Waals surface area contributed by atoms with Crippen molar-refractivity contribution in [2.45, 2.75) is 11.4 Å². The summed E-state index contributed by atoms with van der Waals surface area (Å²) in [5.41, 5.74) is 0.965. The largest absolute Gasteiger partial charge is 0.351 e. The van der Waals surface area contributed by atoms with Crippen LogP contribution in [0.5, 0.6) is 0 Å². The normalized spacial score (nSPS) is 10.4. The highest BCUT2D eigenvalue weighted by Crippen LogP contribution is 2.16. The van der Waals surface area contributed by atoms with Gasteiger partial charge in [-0.3, -0.25) is 9.36 Å². The molecule has 0 aliphatic heterocycles. The number of carbonyl (C=O) groups is 1. The Hall–Kier alpha value is -2.60. The highest BCUT2D eigenvalue weighted by atomic mass is 32.2. The van der Waals surface area contributed by atoms with E-state index in [1.54, 1.807) is 18.7 Å². The van der Waals surface area contributed by atoms with Gasteiger partial charge < -0.3 is 5.32 Å². The zero-order chi connectivity index (χ0) is 15.9. The van der Waals surface area contributed by atoms with E-state index >= 15 is 0 Å². The predicted octanol–water partition coefficient (Wildman–Crippen LogP) is 2.68. The molecule has 2 heterocycles. The molecule has 6 heteroatoms. The molecule has 0 saturated carbocycles. The van der Waals surface area contributed by atoms with Gasteiger partial charge >= 0.3 is 0 Å². The maximum atomic E-state index is 11.9. The van der Waals surface area contributed by atoms with Gasteiger partial charge in [0.1, 0.15) is 12.1 Å². The predicted molar refractivity (Wildman–Crippen MR) is 90.4 cm³/mol. The molecular formula is C17H16N4OS. The molecule has 0 atom stereocenters. The van der Waals surface area contributed by atoms with E-state index in [-0.39, 0.29) is 5.91 Å². The molecule has 0 bridgehead atoms. The van der Waals surface area contributed by atoms with Crippen LogP contribution < -0.4 is 5.32 Å². The number of benzene rings is 1. The summed E-state index contributed by atoms with van der Waals surface area (Å²) in [5.74, 6) is 1.22. The quantitative estimate of drug-likeness (QED) is 0.708. The summed E-state index contributed by atoms with van der Waals surface area (Å²) in [7, 11) is 0. The SMILES string of the molecule is O=C(CSc1ccccc1)NCc1ccc(-n2ccnc2)nc1. The molecule has 0 unspecified atom stereocenters. The van der Waals surface area contributed by atoms with Gasteiger partial charge in [0, 0.05) is 30.0 Å². The first-order valence-electron chi connectivity index (χ1n) is 7.19. The Labute approximate surface area is 138 Å². The summed E-state index contributed by atoms with van der Waals surface area (Å²) < 4.78 is 1.83. The molecule has 2 aromatic heterocycles. The van der Waals surface area contributed by atoms with E-state index in [0.717, 1.165) is 16.3 Å². The first-order chi connectivity index (χ1) is 11.3. The Kier molecular flexibility index (Phi) is 5.06. The van der Waals surface area contributed by atoms with Crippen molar-refractivity contribution >= 4 is 17.7 Å². The topological polar surface area (TPSA) is 59.8 Å². The summed E-state index contributed by atoms with van der Waals surface area (Å²) in [4.78, 5) is 21.3. The van der Waals surface area contributed by atoms with Crippen LogP contribution in [0.4, 0.5) is 0 Å². The van der Waals surface area contributed by atoms with Crippen LogP contribution in [0, 0.1) is 0 Å². The minimum Gasteiger partial charge on any atom is -0.351 e. The van der Waals surface area contributed by atoms with E-state index < -0.39 is 0 Å².